The monoisotopic (exact) mass is 414 g/mol. The third kappa shape index (κ3) is 3.85. The number of aromatic nitrogens is 2. The summed E-state index contributed by atoms with van der Waals surface area (Å²) in [6, 6.07) is 8.60. The summed E-state index contributed by atoms with van der Waals surface area (Å²) in [5.74, 6) is 0.896. The standard InChI is InChI=1S/C21H26N4O3S/c1-21(2,3)18-12-19(26)25(14-22-18)13-15-8-10-24(11-9-15)20-16-6-4-5-7-17(16)29(27,28)23-20/h4-7,12,14-15H,8-11,13H2,1-3H3. The smallest absolute Gasteiger partial charge is 0.285 e. The Morgan fingerprint density at radius 3 is 2.48 bits per heavy atom. The maximum absolute atomic E-state index is 12.5. The number of fused-ring (bicyclic) bond motifs is 1. The second-order valence-electron chi connectivity index (χ2n) is 8.83. The molecule has 0 aliphatic carbocycles. The molecule has 154 valence electrons. The summed E-state index contributed by atoms with van der Waals surface area (Å²) in [5, 5.41) is 0. The summed E-state index contributed by atoms with van der Waals surface area (Å²) in [6.45, 7) is 8.19. The van der Waals surface area contributed by atoms with Gasteiger partial charge in [-0.3, -0.25) is 9.36 Å². The van der Waals surface area contributed by atoms with Crippen LogP contribution < -0.4 is 5.56 Å². The minimum atomic E-state index is -3.60. The molecule has 29 heavy (non-hydrogen) atoms. The molecule has 0 bridgehead atoms. The average Bonchev–Trinajstić information content (AvgIpc) is 2.95. The van der Waals surface area contributed by atoms with E-state index in [1.54, 1.807) is 29.1 Å². The van der Waals surface area contributed by atoms with Crippen molar-refractivity contribution in [1.29, 1.82) is 0 Å². The van der Waals surface area contributed by atoms with Gasteiger partial charge in [0, 0.05) is 36.7 Å². The molecule has 8 heteroatoms. The molecular weight excluding hydrogens is 388 g/mol. The van der Waals surface area contributed by atoms with Crippen molar-refractivity contribution in [1.82, 2.24) is 14.5 Å². The number of amidine groups is 1. The molecule has 4 rings (SSSR count). The minimum absolute atomic E-state index is 0.0208. The highest BCUT2D eigenvalue weighted by atomic mass is 32.2. The molecule has 0 radical (unpaired) electrons. The van der Waals surface area contributed by atoms with Gasteiger partial charge in [0.1, 0.15) is 4.90 Å². The Hall–Kier alpha value is -2.48. The van der Waals surface area contributed by atoms with Gasteiger partial charge >= 0.3 is 0 Å². The average molecular weight is 415 g/mol. The molecule has 0 N–H and O–H groups in total. The van der Waals surface area contributed by atoms with E-state index in [1.807, 2.05) is 37.8 Å². The SMILES string of the molecule is CC(C)(C)c1cc(=O)n(CC2CCN(C3=NS(=O)(=O)c4ccccc43)CC2)cn1. The summed E-state index contributed by atoms with van der Waals surface area (Å²) in [4.78, 5) is 19.3. The van der Waals surface area contributed by atoms with Crippen LogP contribution in [0.1, 0.15) is 44.9 Å². The molecule has 2 aliphatic rings. The van der Waals surface area contributed by atoms with Crippen molar-refractivity contribution < 1.29 is 8.42 Å². The highest BCUT2D eigenvalue weighted by Gasteiger charge is 2.33. The van der Waals surface area contributed by atoms with E-state index < -0.39 is 10.0 Å². The van der Waals surface area contributed by atoms with E-state index in [2.05, 4.69) is 9.38 Å². The Morgan fingerprint density at radius 2 is 1.83 bits per heavy atom. The van der Waals surface area contributed by atoms with E-state index in [0.717, 1.165) is 31.6 Å². The molecule has 1 aromatic heterocycles. The van der Waals surface area contributed by atoms with Crippen LogP contribution in [0, 0.1) is 5.92 Å². The van der Waals surface area contributed by atoms with Gasteiger partial charge in [0.15, 0.2) is 5.84 Å². The zero-order valence-corrected chi connectivity index (χ0v) is 17.8. The fourth-order valence-corrected chi connectivity index (χ4v) is 5.12. The maximum atomic E-state index is 12.5. The summed E-state index contributed by atoms with van der Waals surface area (Å²) in [6.07, 6.45) is 3.39. The quantitative estimate of drug-likeness (QED) is 0.753. The Labute approximate surface area is 171 Å². The van der Waals surface area contributed by atoms with Crippen molar-refractivity contribution in [3.8, 4) is 0 Å². The number of sulfonamides is 1. The van der Waals surface area contributed by atoms with Crippen LogP contribution in [0.5, 0.6) is 0 Å². The molecular formula is C21H26N4O3S. The van der Waals surface area contributed by atoms with Crippen molar-refractivity contribution in [2.75, 3.05) is 13.1 Å². The summed E-state index contributed by atoms with van der Waals surface area (Å²) in [7, 11) is -3.60. The molecule has 0 spiro atoms. The number of hydrogen-bond donors (Lipinski definition) is 0. The Morgan fingerprint density at radius 1 is 1.14 bits per heavy atom. The number of piperidine rings is 1. The highest BCUT2D eigenvalue weighted by Crippen LogP contribution is 2.30. The van der Waals surface area contributed by atoms with Crippen LogP contribution >= 0.6 is 0 Å². The van der Waals surface area contributed by atoms with Gasteiger partial charge in [-0.25, -0.2) is 4.98 Å². The van der Waals surface area contributed by atoms with Gasteiger partial charge in [-0.05, 0) is 30.9 Å². The predicted octanol–water partition coefficient (Wildman–Crippen LogP) is 2.40. The van der Waals surface area contributed by atoms with E-state index in [9.17, 15) is 13.2 Å². The van der Waals surface area contributed by atoms with Crippen molar-refractivity contribution in [2.45, 2.75) is 50.5 Å². The molecule has 1 aromatic carbocycles. The van der Waals surface area contributed by atoms with Gasteiger partial charge in [0.25, 0.3) is 15.6 Å². The summed E-state index contributed by atoms with van der Waals surface area (Å²) < 4.78 is 30.3. The van der Waals surface area contributed by atoms with E-state index in [0.29, 0.717) is 23.9 Å². The number of rotatable bonds is 2. The number of hydrogen-bond acceptors (Lipinski definition) is 5. The second kappa shape index (κ2) is 7.09. The fraction of sp³-hybridized carbons (Fsp3) is 0.476. The van der Waals surface area contributed by atoms with Crippen LogP contribution in [0.2, 0.25) is 0 Å². The van der Waals surface area contributed by atoms with E-state index in [-0.39, 0.29) is 15.9 Å². The third-order valence-corrected chi connectivity index (χ3v) is 6.95. The van der Waals surface area contributed by atoms with Crippen molar-refractivity contribution >= 4 is 15.9 Å². The Kier molecular flexibility index (Phi) is 4.85. The Bertz CT molecular complexity index is 1120. The Balaban J connectivity index is 1.44. The second-order valence-corrected chi connectivity index (χ2v) is 10.4. The first-order chi connectivity index (χ1) is 13.6. The molecule has 7 nitrogen and oxygen atoms in total. The predicted molar refractivity (Wildman–Crippen MR) is 112 cm³/mol. The lowest BCUT2D eigenvalue weighted by molar-refractivity contribution is 0.244. The zero-order chi connectivity index (χ0) is 20.8. The number of likely N-dealkylation sites (tertiary alicyclic amines) is 1. The normalized spacial score (nSPS) is 19.1. The lowest BCUT2D eigenvalue weighted by Crippen LogP contribution is -2.40. The van der Waals surface area contributed by atoms with Gasteiger partial charge in [-0.1, -0.05) is 32.9 Å². The molecule has 1 fully saturated rings. The zero-order valence-electron chi connectivity index (χ0n) is 17.0. The topological polar surface area (TPSA) is 84.6 Å². The van der Waals surface area contributed by atoms with Gasteiger partial charge < -0.3 is 4.90 Å². The van der Waals surface area contributed by atoms with Crippen LogP contribution in [0.15, 0.2) is 50.7 Å². The summed E-state index contributed by atoms with van der Waals surface area (Å²) in [5.41, 5.74) is 1.31. The molecule has 2 aliphatic heterocycles. The minimum Gasteiger partial charge on any atom is -0.355 e. The molecule has 1 saturated heterocycles. The van der Waals surface area contributed by atoms with Crippen molar-refractivity contribution in [3.63, 3.8) is 0 Å². The lowest BCUT2D eigenvalue weighted by Gasteiger charge is -2.33. The highest BCUT2D eigenvalue weighted by molar-refractivity contribution is 7.90. The van der Waals surface area contributed by atoms with Crippen LogP contribution in [-0.4, -0.2) is 41.8 Å². The molecule has 0 atom stereocenters. The summed E-state index contributed by atoms with van der Waals surface area (Å²) >= 11 is 0. The van der Waals surface area contributed by atoms with Crippen molar-refractivity contribution in [2.24, 2.45) is 10.3 Å². The largest absolute Gasteiger partial charge is 0.355 e. The van der Waals surface area contributed by atoms with Crippen LogP contribution in [-0.2, 0) is 22.0 Å². The molecule has 0 amide bonds. The third-order valence-electron chi connectivity index (χ3n) is 5.63. The van der Waals surface area contributed by atoms with Crippen LogP contribution in [0.4, 0.5) is 0 Å². The van der Waals surface area contributed by atoms with Gasteiger partial charge in [-0.15, -0.1) is 4.40 Å². The van der Waals surface area contributed by atoms with Crippen LogP contribution in [0.25, 0.3) is 0 Å². The van der Waals surface area contributed by atoms with Gasteiger partial charge in [0.05, 0.1) is 12.0 Å². The first-order valence-electron chi connectivity index (χ1n) is 9.91. The lowest BCUT2D eigenvalue weighted by atomic mass is 9.92. The molecule has 0 unspecified atom stereocenters. The van der Waals surface area contributed by atoms with E-state index in [1.165, 1.54) is 0 Å². The molecule has 2 aromatic rings. The van der Waals surface area contributed by atoms with Gasteiger partial charge in [-0.2, -0.15) is 8.42 Å². The maximum Gasteiger partial charge on any atom is 0.285 e. The molecule has 3 heterocycles. The van der Waals surface area contributed by atoms with E-state index in [4.69, 9.17) is 0 Å². The number of nitrogens with zero attached hydrogens (tertiary/aromatic N) is 4. The van der Waals surface area contributed by atoms with Crippen molar-refractivity contribution in [3.05, 3.63) is 58.3 Å². The first kappa shape index (κ1) is 19.8. The van der Waals surface area contributed by atoms with Gasteiger partial charge in [0.2, 0.25) is 0 Å². The fourth-order valence-electron chi connectivity index (χ4n) is 3.90. The van der Waals surface area contributed by atoms with Crippen LogP contribution in [0.3, 0.4) is 0 Å². The number of benzene rings is 1. The molecule has 0 saturated carbocycles. The van der Waals surface area contributed by atoms with E-state index >= 15 is 0 Å². The first-order valence-corrected chi connectivity index (χ1v) is 11.4.